The van der Waals surface area contributed by atoms with E-state index in [9.17, 15) is 18.0 Å². The van der Waals surface area contributed by atoms with E-state index < -0.39 is 17.6 Å². The van der Waals surface area contributed by atoms with Crippen molar-refractivity contribution in [1.29, 1.82) is 0 Å². The SMILES string of the molecule is Cc1c(C(=O)N[C@@H](c2ccc(-c3cnn(C)c3)cc2)[C@@H]2CCCCN2)cccc1C(F)(F)F. The number of nitrogens with zero attached hydrogens (tertiary/aromatic N) is 2. The van der Waals surface area contributed by atoms with Gasteiger partial charge in [0.1, 0.15) is 0 Å². The Bertz CT molecular complexity index is 1120. The summed E-state index contributed by atoms with van der Waals surface area (Å²) in [4.78, 5) is 13.1. The van der Waals surface area contributed by atoms with Gasteiger partial charge in [-0.2, -0.15) is 18.3 Å². The molecular formula is C25H27F3N4O. The molecular weight excluding hydrogens is 429 g/mol. The third kappa shape index (κ3) is 5.11. The van der Waals surface area contributed by atoms with Gasteiger partial charge >= 0.3 is 6.18 Å². The number of aryl methyl sites for hydroxylation is 1. The highest BCUT2D eigenvalue weighted by molar-refractivity contribution is 5.96. The Balaban J connectivity index is 1.62. The minimum Gasteiger partial charge on any atom is -0.344 e. The average molecular weight is 457 g/mol. The topological polar surface area (TPSA) is 59.0 Å². The number of carbonyl (C=O) groups excluding carboxylic acids is 1. The van der Waals surface area contributed by atoms with Crippen molar-refractivity contribution in [2.24, 2.45) is 7.05 Å². The summed E-state index contributed by atoms with van der Waals surface area (Å²) in [5, 5.41) is 10.7. The van der Waals surface area contributed by atoms with Crippen LogP contribution in [-0.2, 0) is 13.2 Å². The molecule has 4 rings (SSSR count). The number of benzene rings is 2. The molecule has 0 radical (unpaired) electrons. The van der Waals surface area contributed by atoms with Crippen LogP contribution in [0.3, 0.4) is 0 Å². The van der Waals surface area contributed by atoms with Gasteiger partial charge in [-0.25, -0.2) is 0 Å². The van der Waals surface area contributed by atoms with E-state index in [4.69, 9.17) is 0 Å². The zero-order valence-electron chi connectivity index (χ0n) is 18.6. The van der Waals surface area contributed by atoms with Crippen LogP contribution in [0.15, 0.2) is 54.9 Å². The second kappa shape index (κ2) is 9.39. The molecule has 0 spiro atoms. The third-order valence-electron chi connectivity index (χ3n) is 6.23. The number of halogens is 3. The lowest BCUT2D eigenvalue weighted by Crippen LogP contribution is -2.46. The molecule has 174 valence electrons. The zero-order chi connectivity index (χ0) is 23.6. The van der Waals surface area contributed by atoms with E-state index in [0.29, 0.717) is 0 Å². The van der Waals surface area contributed by atoms with E-state index in [1.54, 1.807) is 10.9 Å². The highest BCUT2D eigenvalue weighted by atomic mass is 19.4. The number of amides is 1. The number of nitrogens with one attached hydrogen (secondary N) is 2. The summed E-state index contributed by atoms with van der Waals surface area (Å²) >= 11 is 0. The van der Waals surface area contributed by atoms with E-state index in [2.05, 4.69) is 15.7 Å². The molecule has 5 nitrogen and oxygen atoms in total. The van der Waals surface area contributed by atoms with Gasteiger partial charge in [0.05, 0.1) is 17.8 Å². The summed E-state index contributed by atoms with van der Waals surface area (Å²) < 4.78 is 41.8. The molecule has 33 heavy (non-hydrogen) atoms. The zero-order valence-corrected chi connectivity index (χ0v) is 18.6. The molecule has 1 aliphatic rings. The van der Waals surface area contributed by atoms with Gasteiger partial charge in [0, 0.05) is 30.4 Å². The van der Waals surface area contributed by atoms with Crippen molar-refractivity contribution in [3.63, 3.8) is 0 Å². The summed E-state index contributed by atoms with van der Waals surface area (Å²) in [5.41, 5.74) is 2.08. The summed E-state index contributed by atoms with van der Waals surface area (Å²) in [7, 11) is 1.86. The lowest BCUT2D eigenvalue weighted by atomic mass is 9.91. The van der Waals surface area contributed by atoms with Crippen LogP contribution in [0.2, 0.25) is 0 Å². The molecule has 8 heteroatoms. The van der Waals surface area contributed by atoms with Crippen LogP contribution in [0.4, 0.5) is 13.2 Å². The Hall–Kier alpha value is -3.13. The number of aromatic nitrogens is 2. The molecule has 0 unspecified atom stereocenters. The van der Waals surface area contributed by atoms with Crippen molar-refractivity contribution in [2.45, 2.75) is 44.4 Å². The molecule has 1 aromatic heterocycles. The smallest absolute Gasteiger partial charge is 0.344 e. The van der Waals surface area contributed by atoms with Gasteiger partial charge in [-0.3, -0.25) is 9.48 Å². The van der Waals surface area contributed by atoms with E-state index >= 15 is 0 Å². The van der Waals surface area contributed by atoms with E-state index in [1.807, 2.05) is 37.5 Å². The van der Waals surface area contributed by atoms with Crippen LogP contribution in [0.25, 0.3) is 11.1 Å². The predicted octanol–water partition coefficient (Wildman–Crippen LogP) is 5.03. The van der Waals surface area contributed by atoms with Gasteiger partial charge < -0.3 is 10.6 Å². The maximum absolute atomic E-state index is 13.3. The summed E-state index contributed by atoms with van der Waals surface area (Å²) in [6.45, 7) is 2.18. The monoisotopic (exact) mass is 456 g/mol. The highest BCUT2D eigenvalue weighted by Gasteiger charge is 2.34. The van der Waals surface area contributed by atoms with Crippen molar-refractivity contribution in [2.75, 3.05) is 6.54 Å². The molecule has 2 N–H and O–H groups in total. The van der Waals surface area contributed by atoms with Crippen molar-refractivity contribution in [3.8, 4) is 11.1 Å². The molecule has 0 aliphatic carbocycles. The second-order valence-electron chi connectivity index (χ2n) is 8.51. The minimum atomic E-state index is -4.51. The number of alkyl halides is 3. The second-order valence-corrected chi connectivity index (χ2v) is 8.51. The van der Waals surface area contributed by atoms with Crippen molar-refractivity contribution in [1.82, 2.24) is 20.4 Å². The van der Waals surface area contributed by atoms with E-state index in [0.717, 1.165) is 48.6 Å². The molecule has 3 aromatic rings. The summed E-state index contributed by atoms with van der Waals surface area (Å²) in [6, 6.07) is 11.2. The largest absolute Gasteiger partial charge is 0.416 e. The Morgan fingerprint density at radius 1 is 1.15 bits per heavy atom. The molecule has 2 atom stereocenters. The number of piperidine rings is 1. The number of carbonyl (C=O) groups is 1. The first kappa shape index (κ1) is 23.0. The van der Waals surface area contributed by atoms with Crippen molar-refractivity contribution < 1.29 is 18.0 Å². The predicted molar refractivity (Wildman–Crippen MR) is 121 cm³/mol. The maximum Gasteiger partial charge on any atom is 0.416 e. The Morgan fingerprint density at radius 2 is 1.91 bits per heavy atom. The van der Waals surface area contributed by atoms with Crippen LogP contribution in [0.1, 0.15) is 52.4 Å². The van der Waals surface area contributed by atoms with Gasteiger partial charge in [0.2, 0.25) is 0 Å². The Morgan fingerprint density at radius 3 is 2.52 bits per heavy atom. The fraction of sp³-hybridized carbons (Fsp3) is 0.360. The molecule has 1 fully saturated rings. The van der Waals surface area contributed by atoms with Crippen LogP contribution in [-0.4, -0.2) is 28.3 Å². The summed E-state index contributed by atoms with van der Waals surface area (Å²) in [6.07, 6.45) is 2.16. The van der Waals surface area contributed by atoms with E-state index in [1.165, 1.54) is 19.1 Å². The first-order chi connectivity index (χ1) is 15.7. The number of hydrogen-bond acceptors (Lipinski definition) is 3. The Kier molecular flexibility index (Phi) is 6.56. The van der Waals surface area contributed by atoms with Crippen LogP contribution in [0.5, 0.6) is 0 Å². The first-order valence-electron chi connectivity index (χ1n) is 11.0. The van der Waals surface area contributed by atoms with Gasteiger partial charge in [-0.1, -0.05) is 36.8 Å². The van der Waals surface area contributed by atoms with Gasteiger partial charge in [-0.15, -0.1) is 0 Å². The van der Waals surface area contributed by atoms with Crippen LogP contribution < -0.4 is 10.6 Å². The third-order valence-corrected chi connectivity index (χ3v) is 6.23. The highest BCUT2D eigenvalue weighted by Crippen LogP contribution is 2.33. The molecule has 2 heterocycles. The quantitative estimate of drug-likeness (QED) is 0.566. The van der Waals surface area contributed by atoms with Gasteiger partial charge in [-0.05, 0) is 55.1 Å². The molecule has 2 aromatic carbocycles. The normalized spacial score (nSPS) is 17.5. The fourth-order valence-corrected chi connectivity index (χ4v) is 4.44. The molecule has 0 saturated carbocycles. The maximum atomic E-state index is 13.3. The first-order valence-corrected chi connectivity index (χ1v) is 11.0. The van der Waals surface area contributed by atoms with Gasteiger partial charge in [0.15, 0.2) is 0 Å². The Labute approximate surface area is 191 Å². The van der Waals surface area contributed by atoms with Gasteiger partial charge in [0.25, 0.3) is 5.91 Å². The van der Waals surface area contributed by atoms with Crippen LogP contribution in [0, 0.1) is 6.92 Å². The van der Waals surface area contributed by atoms with Crippen molar-refractivity contribution >= 4 is 5.91 Å². The molecule has 1 saturated heterocycles. The molecule has 0 bridgehead atoms. The van der Waals surface area contributed by atoms with E-state index in [-0.39, 0.29) is 23.2 Å². The minimum absolute atomic E-state index is 0.00181. The number of hydrogen-bond donors (Lipinski definition) is 2. The number of rotatable bonds is 5. The average Bonchev–Trinajstić information content (AvgIpc) is 3.23. The molecule has 1 amide bonds. The molecule has 1 aliphatic heterocycles. The standard InChI is InChI=1S/C25H27F3N4O/c1-16-20(6-5-7-21(16)25(26,27)28)24(33)31-23(22-8-3-4-13-29-22)18-11-9-17(10-12-18)19-14-30-32(2)15-19/h5-7,9-12,14-15,22-23,29H,3-4,8,13H2,1-2H3,(H,31,33)/t22-,23-/m0/s1. The fourth-order valence-electron chi connectivity index (χ4n) is 4.44. The van der Waals surface area contributed by atoms with Crippen molar-refractivity contribution in [3.05, 3.63) is 77.1 Å². The lowest BCUT2D eigenvalue weighted by Gasteiger charge is -2.32. The van der Waals surface area contributed by atoms with Crippen LogP contribution >= 0.6 is 0 Å². The summed E-state index contributed by atoms with van der Waals surface area (Å²) in [5.74, 6) is -0.507. The lowest BCUT2D eigenvalue weighted by molar-refractivity contribution is -0.138.